The Morgan fingerprint density at radius 3 is 2.56 bits per heavy atom. The zero-order valence-electron chi connectivity index (χ0n) is 11.3. The number of nitrogens with zero attached hydrogens (tertiary/aromatic N) is 1. The molecule has 4 nitrogen and oxygen atoms in total. The molecular formula is C13H22N2O2S. The number of aryl methyl sites for hydroxylation is 1. The van der Waals surface area contributed by atoms with Crippen LogP contribution in [-0.2, 0) is 16.3 Å². The van der Waals surface area contributed by atoms with Crippen LogP contribution in [0.2, 0.25) is 0 Å². The lowest BCUT2D eigenvalue weighted by atomic mass is 10.1. The van der Waals surface area contributed by atoms with E-state index < -0.39 is 9.84 Å². The summed E-state index contributed by atoms with van der Waals surface area (Å²) in [5, 5.41) is 0. The van der Waals surface area contributed by atoms with E-state index in [9.17, 15) is 8.42 Å². The van der Waals surface area contributed by atoms with Crippen molar-refractivity contribution in [3.8, 4) is 0 Å². The highest BCUT2D eigenvalue weighted by Gasteiger charge is 2.10. The summed E-state index contributed by atoms with van der Waals surface area (Å²) in [7, 11) is -1.01. The molecule has 0 bridgehead atoms. The van der Waals surface area contributed by atoms with Crippen LogP contribution in [-0.4, -0.2) is 40.6 Å². The summed E-state index contributed by atoms with van der Waals surface area (Å²) in [6.07, 6.45) is 2.07. The maximum Gasteiger partial charge on any atom is 0.149 e. The third-order valence-electron chi connectivity index (χ3n) is 2.86. The van der Waals surface area contributed by atoms with Crippen LogP contribution in [0.4, 0.5) is 5.69 Å². The van der Waals surface area contributed by atoms with E-state index in [-0.39, 0.29) is 5.75 Å². The van der Waals surface area contributed by atoms with Crippen LogP contribution in [0.15, 0.2) is 18.2 Å². The van der Waals surface area contributed by atoms with Crippen LogP contribution in [0.25, 0.3) is 0 Å². The molecule has 0 heterocycles. The van der Waals surface area contributed by atoms with Gasteiger partial charge in [0.1, 0.15) is 9.84 Å². The van der Waals surface area contributed by atoms with Crippen LogP contribution < -0.4 is 10.6 Å². The molecule has 0 aliphatic carbocycles. The maximum absolute atomic E-state index is 11.2. The summed E-state index contributed by atoms with van der Waals surface area (Å²) in [6, 6.07) is 6.17. The van der Waals surface area contributed by atoms with Crippen LogP contribution in [0.5, 0.6) is 0 Å². The topological polar surface area (TPSA) is 63.4 Å². The van der Waals surface area contributed by atoms with Crippen molar-refractivity contribution in [2.75, 3.05) is 37.0 Å². The highest BCUT2D eigenvalue weighted by Crippen LogP contribution is 2.21. The van der Waals surface area contributed by atoms with Crippen molar-refractivity contribution in [3.05, 3.63) is 29.3 Å². The monoisotopic (exact) mass is 270 g/mol. The second-order valence-corrected chi connectivity index (χ2v) is 6.98. The fourth-order valence-electron chi connectivity index (χ4n) is 1.87. The van der Waals surface area contributed by atoms with Gasteiger partial charge in [0.15, 0.2) is 0 Å². The average Bonchev–Trinajstić information content (AvgIpc) is 2.25. The predicted molar refractivity (Wildman–Crippen MR) is 76.9 cm³/mol. The van der Waals surface area contributed by atoms with Gasteiger partial charge in [-0.15, -0.1) is 0 Å². The van der Waals surface area contributed by atoms with E-state index in [4.69, 9.17) is 5.73 Å². The lowest BCUT2D eigenvalue weighted by Gasteiger charge is -2.22. The molecule has 0 radical (unpaired) electrons. The molecule has 0 atom stereocenters. The van der Waals surface area contributed by atoms with Crippen molar-refractivity contribution < 1.29 is 8.42 Å². The SMILES string of the molecule is Cc1ccc(N(C)CCS(C)(=O)=O)c(CCN)c1. The number of benzene rings is 1. The Labute approximate surface area is 110 Å². The van der Waals surface area contributed by atoms with Crippen molar-refractivity contribution in [1.29, 1.82) is 0 Å². The second-order valence-electron chi connectivity index (χ2n) is 4.72. The highest BCUT2D eigenvalue weighted by molar-refractivity contribution is 7.90. The molecular weight excluding hydrogens is 248 g/mol. The summed E-state index contributed by atoms with van der Waals surface area (Å²) in [5.74, 6) is 0.166. The van der Waals surface area contributed by atoms with Crippen LogP contribution in [0.1, 0.15) is 11.1 Å². The van der Waals surface area contributed by atoms with Gasteiger partial charge in [-0.3, -0.25) is 0 Å². The second kappa shape index (κ2) is 6.20. The third kappa shape index (κ3) is 4.66. The van der Waals surface area contributed by atoms with Crippen LogP contribution in [0.3, 0.4) is 0 Å². The number of rotatable bonds is 6. The standard InChI is InChI=1S/C13H22N2O2S/c1-11-4-5-13(12(10-11)6-7-14)15(2)8-9-18(3,16)17/h4-5,10H,6-9,14H2,1-3H3. The zero-order chi connectivity index (χ0) is 13.8. The molecule has 0 amide bonds. The van der Waals surface area contributed by atoms with E-state index in [0.717, 1.165) is 12.1 Å². The van der Waals surface area contributed by atoms with Gasteiger partial charge in [0.25, 0.3) is 0 Å². The van der Waals surface area contributed by atoms with Gasteiger partial charge in [-0.2, -0.15) is 0 Å². The first-order valence-electron chi connectivity index (χ1n) is 6.02. The summed E-state index contributed by atoms with van der Waals surface area (Å²) >= 11 is 0. The van der Waals surface area contributed by atoms with Gasteiger partial charge in [-0.1, -0.05) is 17.7 Å². The van der Waals surface area contributed by atoms with E-state index in [1.54, 1.807) is 0 Å². The number of anilines is 1. The molecule has 0 aliphatic heterocycles. The Morgan fingerprint density at radius 1 is 1.33 bits per heavy atom. The Hall–Kier alpha value is -1.07. The van der Waals surface area contributed by atoms with Gasteiger partial charge < -0.3 is 10.6 Å². The highest BCUT2D eigenvalue weighted by atomic mass is 32.2. The van der Waals surface area contributed by atoms with Crippen LogP contribution >= 0.6 is 0 Å². The lowest BCUT2D eigenvalue weighted by molar-refractivity contribution is 0.601. The normalized spacial score (nSPS) is 11.6. The molecule has 0 saturated heterocycles. The summed E-state index contributed by atoms with van der Waals surface area (Å²) in [5.41, 5.74) is 9.04. The molecule has 0 fully saturated rings. The van der Waals surface area contributed by atoms with Gasteiger partial charge in [0.2, 0.25) is 0 Å². The van der Waals surface area contributed by atoms with Gasteiger partial charge in [-0.05, 0) is 31.5 Å². The van der Waals surface area contributed by atoms with E-state index in [2.05, 4.69) is 6.07 Å². The Morgan fingerprint density at radius 2 is 2.00 bits per heavy atom. The smallest absolute Gasteiger partial charge is 0.149 e. The first-order valence-corrected chi connectivity index (χ1v) is 8.08. The predicted octanol–water partition coefficient (Wildman–Crippen LogP) is 0.977. The summed E-state index contributed by atoms with van der Waals surface area (Å²) in [6.45, 7) is 3.14. The molecule has 1 rings (SSSR count). The van der Waals surface area contributed by atoms with Gasteiger partial charge in [-0.25, -0.2) is 8.42 Å². The minimum Gasteiger partial charge on any atom is -0.373 e. The van der Waals surface area contributed by atoms with Crippen molar-refractivity contribution in [2.24, 2.45) is 5.73 Å². The number of sulfone groups is 1. The van der Waals surface area contributed by atoms with Crippen molar-refractivity contribution in [1.82, 2.24) is 0 Å². The molecule has 1 aromatic carbocycles. The minimum absolute atomic E-state index is 0.166. The molecule has 1 aromatic rings. The number of hydrogen-bond donors (Lipinski definition) is 1. The first-order chi connectivity index (χ1) is 8.33. The van der Waals surface area contributed by atoms with E-state index in [1.807, 2.05) is 31.0 Å². The number of nitrogens with two attached hydrogens (primary N) is 1. The molecule has 18 heavy (non-hydrogen) atoms. The molecule has 5 heteroatoms. The molecule has 0 unspecified atom stereocenters. The van der Waals surface area contributed by atoms with E-state index in [0.29, 0.717) is 13.1 Å². The van der Waals surface area contributed by atoms with Crippen molar-refractivity contribution >= 4 is 15.5 Å². The van der Waals surface area contributed by atoms with E-state index >= 15 is 0 Å². The number of hydrogen-bond acceptors (Lipinski definition) is 4. The molecule has 2 N–H and O–H groups in total. The Balaban J connectivity index is 2.87. The fraction of sp³-hybridized carbons (Fsp3) is 0.538. The zero-order valence-corrected chi connectivity index (χ0v) is 12.1. The quantitative estimate of drug-likeness (QED) is 0.837. The molecule has 0 saturated carbocycles. The fourth-order valence-corrected chi connectivity index (χ4v) is 2.47. The minimum atomic E-state index is -2.93. The molecule has 0 aromatic heterocycles. The summed E-state index contributed by atoms with van der Waals surface area (Å²) < 4.78 is 22.4. The van der Waals surface area contributed by atoms with Gasteiger partial charge in [0.05, 0.1) is 5.75 Å². The van der Waals surface area contributed by atoms with Crippen molar-refractivity contribution in [3.63, 3.8) is 0 Å². The molecule has 102 valence electrons. The largest absolute Gasteiger partial charge is 0.373 e. The van der Waals surface area contributed by atoms with Gasteiger partial charge in [0, 0.05) is 25.5 Å². The van der Waals surface area contributed by atoms with Gasteiger partial charge >= 0.3 is 0 Å². The van der Waals surface area contributed by atoms with E-state index in [1.165, 1.54) is 17.4 Å². The Bertz CT molecular complexity index is 498. The molecule has 0 aliphatic rings. The first kappa shape index (κ1) is 15.0. The molecule has 0 spiro atoms. The van der Waals surface area contributed by atoms with Crippen molar-refractivity contribution in [2.45, 2.75) is 13.3 Å². The average molecular weight is 270 g/mol. The maximum atomic E-state index is 11.2. The van der Waals surface area contributed by atoms with Crippen LogP contribution in [0, 0.1) is 6.92 Å². The lowest BCUT2D eigenvalue weighted by Crippen LogP contribution is -2.26. The third-order valence-corrected chi connectivity index (χ3v) is 3.78. The Kier molecular flexibility index (Phi) is 5.16. The summed E-state index contributed by atoms with van der Waals surface area (Å²) in [4.78, 5) is 1.98.